The van der Waals surface area contributed by atoms with Gasteiger partial charge >= 0.3 is 0 Å². The maximum Gasteiger partial charge on any atom is 0.293 e. The highest BCUT2D eigenvalue weighted by Gasteiger charge is 2.18. The van der Waals surface area contributed by atoms with Gasteiger partial charge in [-0.2, -0.15) is 0 Å². The number of allylic oxidation sites excluding steroid dienone is 1. The van der Waals surface area contributed by atoms with E-state index in [1.54, 1.807) is 12.3 Å². The Morgan fingerprint density at radius 2 is 1.89 bits per heavy atom. The first kappa shape index (κ1) is 19.0. The summed E-state index contributed by atoms with van der Waals surface area (Å²) in [5.74, 6) is 5.11. The predicted molar refractivity (Wildman–Crippen MR) is 109 cm³/mol. The van der Waals surface area contributed by atoms with Gasteiger partial charge in [0.1, 0.15) is 12.4 Å². The van der Waals surface area contributed by atoms with E-state index in [1.165, 1.54) is 0 Å². The van der Waals surface area contributed by atoms with Gasteiger partial charge in [-0.3, -0.25) is 9.59 Å². The molecule has 0 aliphatic carbocycles. The number of carbonyl (C=O) groups is 2. The molecule has 1 heterocycles. The lowest BCUT2D eigenvalue weighted by Crippen LogP contribution is -2.31. The Balaban J connectivity index is 1.50. The molecule has 0 saturated heterocycles. The molecule has 0 aliphatic heterocycles. The second-order valence-corrected chi connectivity index (χ2v) is 6.00. The molecule has 3 rings (SSSR count). The van der Waals surface area contributed by atoms with Crippen molar-refractivity contribution in [1.82, 2.24) is 10.3 Å². The SMILES string of the molecule is C=CCc1ccccc1OCC#CCNC(=O)C(=O)c1c[nH]c2ccccc12. The van der Waals surface area contributed by atoms with Gasteiger partial charge in [-0.25, -0.2) is 0 Å². The quantitative estimate of drug-likeness (QED) is 0.289. The molecular weight excluding hydrogens is 352 g/mol. The van der Waals surface area contributed by atoms with Crippen LogP contribution in [0.25, 0.3) is 10.9 Å². The number of rotatable bonds is 7. The molecular formula is C23H20N2O3. The maximum atomic E-state index is 12.3. The second kappa shape index (κ2) is 9.24. The molecule has 140 valence electrons. The number of benzene rings is 2. The lowest BCUT2D eigenvalue weighted by Gasteiger charge is -2.07. The summed E-state index contributed by atoms with van der Waals surface area (Å²) in [5.41, 5.74) is 2.20. The van der Waals surface area contributed by atoms with E-state index in [0.29, 0.717) is 5.56 Å². The van der Waals surface area contributed by atoms with Crippen molar-refractivity contribution < 1.29 is 14.3 Å². The molecule has 0 radical (unpaired) electrons. The van der Waals surface area contributed by atoms with Gasteiger partial charge in [-0.05, 0) is 24.1 Å². The monoisotopic (exact) mass is 372 g/mol. The van der Waals surface area contributed by atoms with Crippen molar-refractivity contribution in [3.63, 3.8) is 0 Å². The Hall–Kier alpha value is -3.78. The van der Waals surface area contributed by atoms with Crippen LogP contribution in [0, 0.1) is 11.8 Å². The number of fused-ring (bicyclic) bond motifs is 1. The molecule has 0 aliphatic rings. The summed E-state index contributed by atoms with van der Waals surface area (Å²) >= 11 is 0. The number of amides is 1. The van der Waals surface area contributed by atoms with E-state index in [1.807, 2.05) is 48.5 Å². The summed E-state index contributed by atoms with van der Waals surface area (Å²) in [6.07, 6.45) is 4.08. The van der Waals surface area contributed by atoms with E-state index >= 15 is 0 Å². The van der Waals surface area contributed by atoms with Crippen molar-refractivity contribution >= 4 is 22.6 Å². The molecule has 2 aromatic carbocycles. The summed E-state index contributed by atoms with van der Waals surface area (Å²) in [7, 11) is 0. The topological polar surface area (TPSA) is 71.2 Å². The highest BCUT2D eigenvalue weighted by molar-refractivity contribution is 6.45. The summed E-state index contributed by atoms with van der Waals surface area (Å²) < 4.78 is 5.65. The van der Waals surface area contributed by atoms with Gasteiger partial charge in [0.05, 0.1) is 12.1 Å². The van der Waals surface area contributed by atoms with E-state index in [0.717, 1.165) is 28.6 Å². The summed E-state index contributed by atoms with van der Waals surface area (Å²) in [5, 5.41) is 3.24. The fraction of sp³-hybridized carbons (Fsp3) is 0.130. The Kier molecular flexibility index (Phi) is 6.27. The summed E-state index contributed by atoms with van der Waals surface area (Å²) in [6, 6.07) is 15.0. The van der Waals surface area contributed by atoms with Gasteiger partial charge in [0.25, 0.3) is 11.7 Å². The van der Waals surface area contributed by atoms with Crippen LogP contribution in [0.15, 0.2) is 67.4 Å². The molecule has 0 spiro atoms. The van der Waals surface area contributed by atoms with E-state index in [2.05, 4.69) is 28.7 Å². The first-order valence-electron chi connectivity index (χ1n) is 8.86. The molecule has 5 nitrogen and oxygen atoms in total. The van der Waals surface area contributed by atoms with Gasteiger partial charge in [0, 0.05) is 17.1 Å². The van der Waals surface area contributed by atoms with Crippen LogP contribution in [0.4, 0.5) is 0 Å². The van der Waals surface area contributed by atoms with Crippen molar-refractivity contribution in [3.8, 4) is 17.6 Å². The lowest BCUT2D eigenvalue weighted by atomic mass is 10.1. The van der Waals surface area contributed by atoms with E-state index in [4.69, 9.17) is 4.74 Å². The van der Waals surface area contributed by atoms with Gasteiger partial charge in [-0.1, -0.05) is 54.3 Å². The van der Waals surface area contributed by atoms with Crippen LogP contribution >= 0.6 is 0 Å². The average molecular weight is 372 g/mol. The van der Waals surface area contributed by atoms with E-state index in [9.17, 15) is 9.59 Å². The standard InChI is InChI=1S/C23H20N2O3/c1-2-9-17-10-3-6-13-21(17)28-15-8-7-14-24-23(27)22(26)19-16-25-20-12-5-4-11-18(19)20/h2-6,10-13,16,25H,1,9,14-15H2,(H,24,27). The molecule has 0 atom stereocenters. The lowest BCUT2D eigenvalue weighted by molar-refractivity contribution is -0.116. The number of hydrogen-bond donors (Lipinski definition) is 2. The maximum absolute atomic E-state index is 12.3. The molecule has 5 heteroatoms. The van der Waals surface area contributed by atoms with Gasteiger partial charge in [0.2, 0.25) is 0 Å². The summed E-state index contributed by atoms with van der Waals surface area (Å²) in [6.45, 7) is 4.00. The highest BCUT2D eigenvalue weighted by Crippen LogP contribution is 2.19. The zero-order chi connectivity index (χ0) is 19.8. The first-order valence-corrected chi connectivity index (χ1v) is 8.86. The van der Waals surface area contributed by atoms with E-state index < -0.39 is 11.7 Å². The zero-order valence-corrected chi connectivity index (χ0v) is 15.3. The van der Waals surface area contributed by atoms with Gasteiger partial charge in [0.15, 0.2) is 0 Å². The van der Waals surface area contributed by atoms with Gasteiger partial charge in [-0.15, -0.1) is 6.58 Å². The van der Waals surface area contributed by atoms with Crippen LogP contribution in [0.2, 0.25) is 0 Å². The number of nitrogens with one attached hydrogen (secondary N) is 2. The van der Waals surface area contributed by atoms with Crippen LogP contribution in [-0.4, -0.2) is 29.8 Å². The minimum Gasteiger partial charge on any atom is -0.481 e. The van der Waals surface area contributed by atoms with Gasteiger partial charge < -0.3 is 15.0 Å². The van der Waals surface area contributed by atoms with Crippen molar-refractivity contribution in [3.05, 3.63) is 78.5 Å². The molecule has 0 fully saturated rings. The second-order valence-electron chi connectivity index (χ2n) is 6.00. The molecule has 0 bridgehead atoms. The smallest absolute Gasteiger partial charge is 0.293 e. The number of aromatic amines is 1. The van der Waals surface area contributed by atoms with Crippen molar-refractivity contribution in [2.45, 2.75) is 6.42 Å². The molecule has 2 N–H and O–H groups in total. The third-order valence-corrected chi connectivity index (χ3v) is 4.14. The number of hydrogen-bond acceptors (Lipinski definition) is 3. The van der Waals surface area contributed by atoms with Crippen LogP contribution in [0.3, 0.4) is 0 Å². The zero-order valence-electron chi connectivity index (χ0n) is 15.3. The molecule has 0 saturated carbocycles. The molecule has 3 aromatic rings. The molecule has 0 unspecified atom stereocenters. The third-order valence-electron chi connectivity index (χ3n) is 4.14. The van der Waals surface area contributed by atoms with E-state index in [-0.39, 0.29) is 13.2 Å². The Morgan fingerprint density at radius 1 is 1.11 bits per heavy atom. The van der Waals surface area contributed by atoms with Crippen LogP contribution in [-0.2, 0) is 11.2 Å². The van der Waals surface area contributed by atoms with Crippen LogP contribution < -0.4 is 10.1 Å². The number of ketones is 1. The number of H-pyrrole nitrogens is 1. The highest BCUT2D eigenvalue weighted by atomic mass is 16.5. The number of ether oxygens (including phenoxy) is 1. The molecule has 28 heavy (non-hydrogen) atoms. The fourth-order valence-electron chi connectivity index (χ4n) is 2.78. The number of aromatic nitrogens is 1. The normalized spacial score (nSPS) is 10.0. The first-order chi connectivity index (χ1) is 13.7. The molecule has 1 amide bonds. The third kappa shape index (κ3) is 4.49. The Bertz CT molecular complexity index is 1070. The average Bonchev–Trinajstić information content (AvgIpc) is 3.15. The Morgan fingerprint density at radius 3 is 2.75 bits per heavy atom. The minimum absolute atomic E-state index is 0.0740. The van der Waals surface area contributed by atoms with Crippen molar-refractivity contribution in [2.75, 3.05) is 13.2 Å². The number of para-hydroxylation sites is 2. The van der Waals surface area contributed by atoms with Crippen molar-refractivity contribution in [2.24, 2.45) is 0 Å². The van der Waals surface area contributed by atoms with Crippen LogP contribution in [0.1, 0.15) is 15.9 Å². The summed E-state index contributed by atoms with van der Waals surface area (Å²) in [4.78, 5) is 27.4. The molecule has 1 aromatic heterocycles. The van der Waals surface area contributed by atoms with Crippen LogP contribution in [0.5, 0.6) is 5.75 Å². The number of Topliss-reactive ketones (excluding diaryl/α,β-unsaturated/α-hetero) is 1. The Labute approximate surface area is 163 Å². The number of carbonyl (C=O) groups excluding carboxylic acids is 2. The fourth-order valence-corrected chi connectivity index (χ4v) is 2.78. The van der Waals surface area contributed by atoms with Crippen molar-refractivity contribution in [1.29, 1.82) is 0 Å². The largest absolute Gasteiger partial charge is 0.481 e. The minimum atomic E-state index is -0.684. The predicted octanol–water partition coefficient (Wildman–Crippen LogP) is 3.28.